The molecule has 0 saturated carbocycles. The first-order valence-electron chi connectivity index (χ1n) is 8.17. The van der Waals surface area contributed by atoms with E-state index in [0.717, 1.165) is 12.0 Å². The number of hydrogen-bond acceptors (Lipinski definition) is 4. The van der Waals surface area contributed by atoms with Crippen LogP contribution in [-0.2, 0) is 21.4 Å². The fraction of sp³-hybridized carbons (Fsp3) is 0.625. The van der Waals surface area contributed by atoms with Gasteiger partial charge in [-0.05, 0) is 37.0 Å². The number of carbonyl (C=O) groups is 1. The number of nitrogens with zero attached hydrogens (tertiary/aromatic N) is 2. The molecule has 0 spiro atoms. The quantitative estimate of drug-likeness (QED) is 0.817. The van der Waals surface area contributed by atoms with Gasteiger partial charge in [0.25, 0.3) is 0 Å². The second-order valence-corrected chi connectivity index (χ2v) is 8.00. The van der Waals surface area contributed by atoms with E-state index in [9.17, 15) is 13.2 Å². The number of sulfonamides is 1. The molecule has 0 aromatic carbocycles. The maximum atomic E-state index is 12.2. The van der Waals surface area contributed by atoms with Crippen LogP contribution in [0.2, 0.25) is 0 Å². The van der Waals surface area contributed by atoms with Gasteiger partial charge in [0, 0.05) is 37.9 Å². The van der Waals surface area contributed by atoms with Crippen LogP contribution in [0.25, 0.3) is 0 Å². The lowest BCUT2D eigenvalue weighted by Crippen LogP contribution is -2.43. The summed E-state index contributed by atoms with van der Waals surface area (Å²) in [6.45, 7) is 3.35. The van der Waals surface area contributed by atoms with Crippen molar-refractivity contribution in [2.75, 3.05) is 18.8 Å². The molecule has 0 bridgehead atoms. The van der Waals surface area contributed by atoms with Gasteiger partial charge in [-0.1, -0.05) is 13.3 Å². The van der Waals surface area contributed by atoms with Gasteiger partial charge in [-0.3, -0.25) is 9.78 Å². The lowest BCUT2D eigenvalue weighted by molar-refractivity contribution is -0.126. The SMILES string of the molecule is CCCCS(=O)(=O)N1CCC(C(=O)NCc2ccncc2)CC1. The first kappa shape index (κ1) is 17.9. The standard InChI is InChI=1S/C16H25N3O3S/c1-2-3-12-23(21,22)19-10-6-15(7-11-19)16(20)18-13-14-4-8-17-9-5-14/h4-5,8-9,15H,2-3,6-7,10-13H2,1H3,(H,18,20). The van der Waals surface area contributed by atoms with E-state index in [1.807, 2.05) is 19.1 Å². The van der Waals surface area contributed by atoms with Crippen molar-refractivity contribution < 1.29 is 13.2 Å². The minimum atomic E-state index is -3.16. The van der Waals surface area contributed by atoms with Crippen molar-refractivity contribution in [2.45, 2.75) is 39.2 Å². The Morgan fingerprint density at radius 1 is 1.30 bits per heavy atom. The molecule has 1 aromatic rings. The third-order valence-electron chi connectivity index (χ3n) is 4.19. The molecule has 1 N–H and O–H groups in total. The summed E-state index contributed by atoms with van der Waals surface area (Å²) >= 11 is 0. The Hall–Kier alpha value is -1.47. The van der Waals surface area contributed by atoms with Crippen LogP contribution in [0.15, 0.2) is 24.5 Å². The molecule has 2 rings (SSSR count). The van der Waals surface area contributed by atoms with Gasteiger partial charge in [0.15, 0.2) is 0 Å². The van der Waals surface area contributed by atoms with Crippen LogP contribution in [0.4, 0.5) is 0 Å². The van der Waals surface area contributed by atoms with Crippen molar-refractivity contribution in [1.29, 1.82) is 0 Å². The minimum absolute atomic E-state index is 0.00687. The van der Waals surface area contributed by atoms with E-state index < -0.39 is 10.0 Å². The average molecular weight is 339 g/mol. The second-order valence-electron chi connectivity index (χ2n) is 5.92. The Morgan fingerprint density at radius 3 is 2.57 bits per heavy atom. The van der Waals surface area contributed by atoms with Gasteiger partial charge in [0.2, 0.25) is 15.9 Å². The molecule has 1 aliphatic rings. The number of unbranched alkanes of at least 4 members (excludes halogenated alkanes) is 1. The third-order valence-corrected chi connectivity index (χ3v) is 6.15. The topological polar surface area (TPSA) is 79.4 Å². The summed E-state index contributed by atoms with van der Waals surface area (Å²) in [6, 6.07) is 3.73. The lowest BCUT2D eigenvalue weighted by atomic mass is 9.97. The Balaban J connectivity index is 1.78. The Labute approximate surface area is 138 Å². The molecule has 6 nitrogen and oxygen atoms in total. The van der Waals surface area contributed by atoms with Crippen LogP contribution in [0.3, 0.4) is 0 Å². The molecule has 23 heavy (non-hydrogen) atoms. The van der Waals surface area contributed by atoms with Crippen LogP contribution in [0.5, 0.6) is 0 Å². The number of aromatic nitrogens is 1. The molecule has 2 heterocycles. The van der Waals surface area contributed by atoms with E-state index in [2.05, 4.69) is 10.3 Å². The molecule has 0 radical (unpaired) electrons. The van der Waals surface area contributed by atoms with Crippen LogP contribution >= 0.6 is 0 Å². The first-order valence-corrected chi connectivity index (χ1v) is 9.78. The number of pyridine rings is 1. The van der Waals surface area contributed by atoms with Crippen LogP contribution < -0.4 is 5.32 Å². The van der Waals surface area contributed by atoms with Crippen molar-refractivity contribution in [3.63, 3.8) is 0 Å². The third kappa shape index (κ3) is 5.28. The predicted molar refractivity (Wildman–Crippen MR) is 89.1 cm³/mol. The van der Waals surface area contributed by atoms with E-state index in [-0.39, 0.29) is 17.6 Å². The maximum absolute atomic E-state index is 12.2. The Kier molecular flexibility index (Phi) is 6.53. The highest BCUT2D eigenvalue weighted by Crippen LogP contribution is 2.20. The normalized spacial score (nSPS) is 17.1. The summed E-state index contributed by atoms with van der Waals surface area (Å²) in [6.07, 6.45) is 6.13. The summed E-state index contributed by atoms with van der Waals surface area (Å²) in [7, 11) is -3.16. The van der Waals surface area contributed by atoms with Gasteiger partial charge in [-0.15, -0.1) is 0 Å². The zero-order chi connectivity index (χ0) is 16.7. The van der Waals surface area contributed by atoms with E-state index in [1.54, 1.807) is 12.4 Å². The number of hydrogen-bond donors (Lipinski definition) is 1. The smallest absolute Gasteiger partial charge is 0.223 e. The molecule has 1 amide bonds. The highest BCUT2D eigenvalue weighted by atomic mass is 32.2. The van der Waals surface area contributed by atoms with E-state index in [0.29, 0.717) is 38.9 Å². The van der Waals surface area contributed by atoms with Crippen LogP contribution in [-0.4, -0.2) is 42.5 Å². The molecule has 1 aliphatic heterocycles. The fourth-order valence-corrected chi connectivity index (χ4v) is 4.36. The molecule has 0 unspecified atom stereocenters. The summed E-state index contributed by atoms with van der Waals surface area (Å²) < 4.78 is 25.8. The average Bonchev–Trinajstić information content (AvgIpc) is 2.59. The second kappa shape index (κ2) is 8.40. The number of carbonyl (C=O) groups excluding carboxylic acids is 1. The molecular weight excluding hydrogens is 314 g/mol. The minimum Gasteiger partial charge on any atom is -0.352 e. The number of amides is 1. The Bertz CT molecular complexity index is 596. The largest absolute Gasteiger partial charge is 0.352 e. The van der Waals surface area contributed by atoms with Crippen LogP contribution in [0, 0.1) is 5.92 Å². The van der Waals surface area contributed by atoms with Crippen molar-refractivity contribution in [3.05, 3.63) is 30.1 Å². The van der Waals surface area contributed by atoms with Crippen molar-refractivity contribution in [3.8, 4) is 0 Å². The van der Waals surface area contributed by atoms with Gasteiger partial charge in [-0.2, -0.15) is 0 Å². The summed E-state index contributed by atoms with van der Waals surface area (Å²) in [5.41, 5.74) is 1.01. The van der Waals surface area contributed by atoms with Gasteiger partial charge in [-0.25, -0.2) is 12.7 Å². The zero-order valence-electron chi connectivity index (χ0n) is 13.6. The van der Waals surface area contributed by atoms with E-state index in [4.69, 9.17) is 0 Å². The fourth-order valence-electron chi connectivity index (χ4n) is 2.69. The molecule has 0 atom stereocenters. The predicted octanol–water partition coefficient (Wildman–Crippen LogP) is 1.54. The highest BCUT2D eigenvalue weighted by molar-refractivity contribution is 7.89. The summed E-state index contributed by atoms with van der Waals surface area (Å²) in [4.78, 5) is 16.1. The van der Waals surface area contributed by atoms with Crippen LogP contribution in [0.1, 0.15) is 38.2 Å². The summed E-state index contributed by atoms with van der Waals surface area (Å²) in [5, 5.41) is 2.92. The van der Waals surface area contributed by atoms with Gasteiger partial charge >= 0.3 is 0 Å². The van der Waals surface area contributed by atoms with Gasteiger partial charge < -0.3 is 5.32 Å². The molecule has 1 fully saturated rings. The number of rotatable bonds is 7. The Morgan fingerprint density at radius 2 is 1.96 bits per heavy atom. The van der Waals surface area contributed by atoms with Crippen molar-refractivity contribution in [2.24, 2.45) is 5.92 Å². The first-order chi connectivity index (χ1) is 11.0. The maximum Gasteiger partial charge on any atom is 0.223 e. The molecule has 1 saturated heterocycles. The monoisotopic (exact) mass is 339 g/mol. The highest BCUT2D eigenvalue weighted by Gasteiger charge is 2.30. The number of nitrogens with one attached hydrogen (secondary N) is 1. The van der Waals surface area contributed by atoms with Gasteiger partial charge in [0.05, 0.1) is 5.75 Å². The molecule has 0 aliphatic carbocycles. The number of piperidine rings is 1. The lowest BCUT2D eigenvalue weighted by Gasteiger charge is -2.30. The zero-order valence-corrected chi connectivity index (χ0v) is 14.4. The summed E-state index contributed by atoms with van der Waals surface area (Å²) in [5.74, 6) is 0.115. The molecule has 128 valence electrons. The van der Waals surface area contributed by atoms with Crippen molar-refractivity contribution in [1.82, 2.24) is 14.6 Å². The van der Waals surface area contributed by atoms with Crippen molar-refractivity contribution >= 4 is 15.9 Å². The van der Waals surface area contributed by atoms with E-state index in [1.165, 1.54) is 4.31 Å². The van der Waals surface area contributed by atoms with Gasteiger partial charge in [0.1, 0.15) is 0 Å². The molecular formula is C16H25N3O3S. The molecule has 1 aromatic heterocycles. The molecule has 7 heteroatoms. The van der Waals surface area contributed by atoms with E-state index >= 15 is 0 Å².